The first-order valence-corrected chi connectivity index (χ1v) is 9.03. The SMILES string of the molecule is NCC(CC(=O)N1CCCC1)N1CCCC2CCCCC21. The van der Waals surface area contributed by atoms with Gasteiger partial charge in [0.25, 0.3) is 0 Å². The highest BCUT2D eigenvalue weighted by Crippen LogP contribution is 2.36. The Hall–Kier alpha value is -0.610. The molecule has 4 heteroatoms. The molecule has 2 aliphatic heterocycles. The zero-order valence-electron chi connectivity index (χ0n) is 13.3. The summed E-state index contributed by atoms with van der Waals surface area (Å²) in [6.45, 7) is 3.70. The van der Waals surface area contributed by atoms with E-state index in [0.29, 0.717) is 24.9 Å². The summed E-state index contributed by atoms with van der Waals surface area (Å²) in [6.07, 6.45) is 11.1. The van der Waals surface area contributed by atoms with Gasteiger partial charge in [0.15, 0.2) is 0 Å². The van der Waals surface area contributed by atoms with Crippen LogP contribution in [0.25, 0.3) is 0 Å². The highest BCUT2D eigenvalue weighted by molar-refractivity contribution is 5.77. The van der Waals surface area contributed by atoms with Crippen LogP contribution >= 0.6 is 0 Å². The zero-order chi connectivity index (χ0) is 14.7. The number of carbonyl (C=O) groups excluding carboxylic acids is 1. The number of piperidine rings is 1. The van der Waals surface area contributed by atoms with Gasteiger partial charge in [-0.25, -0.2) is 0 Å². The second kappa shape index (κ2) is 7.10. The number of fused-ring (bicyclic) bond motifs is 1. The molecule has 1 saturated carbocycles. The summed E-state index contributed by atoms with van der Waals surface area (Å²) in [7, 11) is 0. The third-order valence-electron chi connectivity index (χ3n) is 5.90. The molecular weight excluding hydrogens is 262 g/mol. The molecule has 2 N–H and O–H groups in total. The second-order valence-corrected chi connectivity index (χ2v) is 7.17. The fourth-order valence-corrected chi connectivity index (χ4v) is 4.75. The van der Waals surface area contributed by atoms with E-state index in [-0.39, 0.29) is 6.04 Å². The van der Waals surface area contributed by atoms with Gasteiger partial charge in [-0.2, -0.15) is 0 Å². The third-order valence-corrected chi connectivity index (χ3v) is 5.90. The smallest absolute Gasteiger partial charge is 0.224 e. The molecule has 0 bridgehead atoms. The molecule has 3 fully saturated rings. The van der Waals surface area contributed by atoms with Crippen molar-refractivity contribution in [3.63, 3.8) is 0 Å². The molecule has 0 radical (unpaired) electrons. The molecule has 3 aliphatic rings. The van der Waals surface area contributed by atoms with Crippen LogP contribution in [0, 0.1) is 5.92 Å². The summed E-state index contributed by atoms with van der Waals surface area (Å²) in [5, 5.41) is 0. The number of hydrogen-bond acceptors (Lipinski definition) is 3. The van der Waals surface area contributed by atoms with E-state index < -0.39 is 0 Å². The van der Waals surface area contributed by atoms with Crippen LogP contribution in [0.1, 0.15) is 57.8 Å². The normalized spacial score (nSPS) is 32.0. The van der Waals surface area contributed by atoms with E-state index in [4.69, 9.17) is 5.73 Å². The van der Waals surface area contributed by atoms with Crippen LogP contribution in [-0.2, 0) is 4.79 Å². The van der Waals surface area contributed by atoms with Crippen LogP contribution in [0.3, 0.4) is 0 Å². The fourth-order valence-electron chi connectivity index (χ4n) is 4.75. The number of nitrogens with zero attached hydrogens (tertiary/aromatic N) is 2. The van der Waals surface area contributed by atoms with Crippen molar-refractivity contribution in [3.8, 4) is 0 Å². The van der Waals surface area contributed by atoms with Crippen LogP contribution in [0.4, 0.5) is 0 Å². The standard InChI is InChI=1S/C17H31N3O/c18-13-15(12-17(21)19-9-3-4-10-19)20-11-5-7-14-6-1-2-8-16(14)20/h14-16H,1-13,18H2. The molecule has 1 aliphatic carbocycles. The molecule has 2 heterocycles. The predicted octanol–water partition coefficient (Wildman–Crippen LogP) is 1.98. The maximum atomic E-state index is 12.5. The predicted molar refractivity (Wildman–Crippen MR) is 85.0 cm³/mol. The van der Waals surface area contributed by atoms with Crippen molar-refractivity contribution in [1.82, 2.24) is 9.80 Å². The van der Waals surface area contributed by atoms with E-state index in [1.807, 2.05) is 4.90 Å². The van der Waals surface area contributed by atoms with Gasteiger partial charge in [0.05, 0.1) is 0 Å². The molecule has 3 unspecified atom stereocenters. The van der Waals surface area contributed by atoms with Gasteiger partial charge in [0, 0.05) is 38.1 Å². The third kappa shape index (κ3) is 3.42. The van der Waals surface area contributed by atoms with Crippen molar-refractivity contribution < 1.29 is 4.79 Å². The molecule has 4 nitrogen and oxygen atoms in total. The lowest BCUT2D eigenvalue weighted by Crippen LogP contribution is -2.55. The van der Waals surface area contributed by atoms with E-state index in [9.17, 15) is 4.79 Å². The molecule has 0 aromatic carbocycles. The average molecular weight is 293 g/mol. The minimum atomic E-state index is 0.268. The Bertz CT molecular complexity index is 352. The minimum absolute atomic E-state index is 0.268. The summed E-state index contributed by atoms with van der Waals surface area (Å²) < 4.78 is 0. The van der Waals surface area contributed by atoms with Gasteiger partial charge in [-0.05, 0) is 51.0 Å². The van der Waals surface area contributed by atoms with Gasteiger partial charge in [0.1, 0.15) is 0 Å². The van der Waals surface area contributed by atoms with Gasteiger partial charge in [-0.1, -0.05) is 12.8 Å². The van der Waals surface area contributed by atoms with E-state index in [0.717, 1.165) is 25.6 Å². The number of carbonyl (C=O) groups is 1. The average Bonchev–Trinajstić information content (AvgIpc) is 3.06. The lowest BCUT2D eigenvalue weighted by molar-refractivity contribution is -0.132. The Balaban J connectivity index is 1.62. The van der Waals surface area contributed by atoms with Crippen molar-refractivity contribution in [2.75, 3.05) is 26.2 Å². The minimum Gasteiger partial charge on any atom is -0.343 e. The maximum Gasteiger partial charge on any atom is 0.224 e. The van der Waals surface area contributed by atoms with Crippen LogP contribution < -0.4 is 5.73 Å². The van der Waals surface area contributed by atoms with Crippen LogP contribution in [0.15, 0.2) is 0 Å². The molecule has 120 valence electrons. The topological polar surface area (TPSA) is 49.6 Å². The molecule has 0 aromatic heterocycles. The molecule has 0 aromatic rings. The summed E-state index contributed by atoms with van der Waals surface area (Å²) in [5.41, 5.74) is 6.06. The quantitative estimate of drug-likeness (QED) is 0.862. The Morgan fingerprint density at radius 1 is 1.00 bits per heavy atom. The van der Waals surface area contributed by atoms with Crippen molar-refractivity contribution in [2.45, 2.75) is 69.9 Å². The molecule has 21 heavy (non-hydrogen) atoms. The molecule has 2 saturated heterocycles. The monoisotopic (exact) mass is 293 g/mol. The number of hydrogen-bond donors (Lipinski definition) is 1. The van der Waals surface area contributed by atoms with Crippen LogP contribution in [0.2, 0.25) is 0 Å². The molecule has 3 rings (SSSR count). The van der Waals surface area contributed by atoms with E-state index >= 15 is 0 Å². The van der Waals surface area contributed by atoms with Crippen molar-refractivity contribution >= 4 is 5.91 Å². The Labute approximate surface area is 129 Å². The summed E-state index contributed by atoms with van der Waals surface area (Å²) >= 11 is 0. The summed E-state index contributed by atoms with van der Waals surface area (Å²) in [4.78, 5) is 17.1. The largest absolute Gasteiger partial charge is 0.343 e. The fraction of sp³-hybridized carbons (Fsp3) is 0.941. The second-order valence-electron chi connectivity index (χ2n) is 7.17. The first-order chi connectivity index (χ1) is 10.3. The van der Waals surface area contributed by atoms with Crippen molar-refractivity contribution in [1.29, 1.82) is 0 Å². The van der Waals surface area contributed by atoms with Crippen molar-refractivity contribution in [3.05, 3.63) is 0 Å². The number of nitrogens with two attached hydrogens (primary N) is 1. The zero-order valence-corrected chi connectivity index (χ0v) is 13.3. The van der Waals surface area contributed by atoms with Gasteiger partial charge >= 0.3 is 0 Å². The van der Waals surface area contributed by atoms with E-state index in [1.54, 1.807) is 0 Å². The van der Waals surface area contributed by atoms with Crippen molar-refractivity contribution in [2.24, 2.45) is 11.7 Å². The van der Waals surface area contributed by atoms with E-state index in [1.165, 1.54) is 51.4 Å². The molecule has 1 amide bonds. The highest BCUT2D eigenvalue weighted by Gasteiger charge is 2.37. The number of rotatable bonds is 4. The van der Waals surface area contributed by atoms with Gasteiger partial charge in [-0.3, -0.25) is 9.69 Å². The van der Waals surface area contributed by atoms with Crippen LogP contribution in [-0.4, -0.2) is 54.0 Å². The van der Waals surface area contributed by atoms with Crippen LogP contribution in [0.5, 0.6) is 0 Å². The Kier molecular flexibility index (Phi) is 5.17. The molecule has 3 atom stereocenters. The number of likely N-dealkylation sites (tertiary alicyclic amines) is 2. The Morgan fingerprint density at radius 3 is 2.48 bits per heavy atom. The first-order valence-electron chi connectivity index (χ1n) is 9.03. The summed E-state index contributed by atoms with van der Waals surface area (Å²) in [5.74, 6) is 1.20. The van der Waals surface area contributed by atoms with Gasteiger partial charge in [-0.15, -0.1) is 0 Å². The lowest BCUT2D eigenvalue weighted by Gasteiger charge is -2.47. The molecular formula is C17H31N3O. The summed E-state index contributed by atoms with van der Waals surface area (Å²) in [6, 6.07) is 0.969. The molecule has 0 spiro atoms. The van der Waals surface area contributed by atoms with Gasteiger partial charge in [0.2, 0.25) is 5.91 Å². The first kappa shape index (κ1) is 15.3. The maximum absolute atomic E-state index is 12.5. The highest BCUT2D eigenvalue weighted by atomic mass is 16.2. The lowest BCUT2D eigenvalue weighted by atomic mass is 9.77. The van der Waals surface area contributed by atoms with E-state index in [2.05, 4.69) is 4.90 Å². The van der Waals surface area contributed by atoms with Gasteiger partial charge < -0.3 is 10.6 Å². The number of amides is 1. The Morgan fingerprint density at radius 2 is 1.71 bits per heavy atom.